The minimum Gasteiger partial charge on any atom is -0.348 e. The monoisotopic (exact) mass is 428 g/mol. The molecule has 0 aliphatic heterocycles. The van der Waals surface area contributed by atoms with Crippen LogP contribution in [0.5, 0.6) is 0 Å². The summed E-state index contributed by atoms with van der Waals surface area (Å²) in [6.07, 6.45) is 6.05. The Morgan fingerprint density at radius 1 is 1.09 bits per heavy atom. The van der Waals surface area contributed by atoms with Crippen molar-refractivity contribution in [1.29, 1.82) is 0 Å². The minimum absolute atomic E-state index is 0.130. The van der Waals surface area contributed by atoms with Crippen LogP contribution >= 0.6 is 0 Å². The molecule has 8 nitrogen and oxygen atoms in total. The van der Waals surface area contributed by atoms with Crippen molar-refractivity contribution in [2.24, 2.45) is 0 Å². The van der Waals surface area contributed by atoms with E-state index in [1.807, 2.05) is 37.3 Å². The van der Waals surface area contributed by atoms with Crippen molar-refractivity contribution >= 4 is 17.1 Å². The van der Waals surface area contributed by atoms with E-state index < -0.39 is 5.56 Å². The van der Waals surface area contributed by atoms with E-state index in [4.69, 9.17) is 0 Å². The average molecular weight is 428 g/mol. The predicted molar refractivity (Wildman–Crippen MR) is 121 cm³/mol. The molecule has 8 heteroatoms. The highest BCUT2D eigenvalue weighted by atomic mass is 16.2. The van der Waals surface area contributed by atoms with E-state index in [0.717, 1.165) is 24.1 Å². The third kappa shape index (κ3) is 3.79. The fourth-order valence-electron chi connectivity index (χ4n) is 4.25. The number of rotatable bonds is 5. The number of para-hydroxylation sites is 1. The number of carbonyl (C=O) groups excluding carboxylic acids is 1. The van der Waals surface area contributed by atoms with E-state index in [1.54, 1.807) is 0 Å². The van der Waals surface area contributed by atoms with Crippen LogP contribution in [0.25, 0.3) is 16.9 Å². The second-order valence-corrected chi connectivity index (χ2v) is 8.21. The number of nitrogens with zero attached hydrogens (tertiary/aromatic N) is 5. The average Bonchev–Trinajstić information content (AvgIpc) is 3.26. The minimum atomic E-state index is -0.395. The maximum Gasteiger partial charge on any atom is 0.284 e. The van der Waals surface area contributed by atoms with Crippen molar-refractivity contribution in [3.63, 3.8) is 0 Å². The van der Waals surface area contributed by atoms with E-state index in [-0.39, 0.29) is 24.0 Å². The van der Waals surface area contributed by atoms with Crippen LogP contribution in [0.4, 0.5) is 0 Å². The summed E-state index contributed by atoms with van der Waals surface area (Å²) >= 11 is 0. The molecule has 2 aromatic heterocycles. The molecular weight excluding hydrogens is 404 g/mol. The molecule has 4 aromatic rings. The van der Waals surface area contributed by atoms with Crippen molar-refractivity contribution in [3.05, 3.63) is 81.9 Å². The Morgan fingerprint density at radius 3 is 2.69 bits per heavy atom. The first-order valence-corrected chi connectivity index (χ1v) is 10.9. The van der Waals surface area contributed by atoms with Gasteiger partial charge in [0.05, 0.1) is 11.7 Å². The SMILES string of the molecule is CC(NC(=O)Cn1cnc2c(nnn2-c2ccccc2)c1=O)c1ccc2c(c1)CCCC2. The van der Waals surface area contributed by atoms with Gasteiger partial charge in [-0.3, -0.25) is 14.2 Å². The van der Waals surface area contributed by atoms with Crippen LogP contribution in [0.2, 0.25) is 0 Å². The lowest BCUT2D eigenvalue weighted by atomic mass is 9.89. The molecule has 0 saturated heterocycles. The fourth-order valence-corrected chi connectivity index (χ4v) is 4.25. The number of amides is 1. The maximum absolute atomic E-state index is 12.9. The molecule has 1 amide bonds. The largest absolute Gasteiger partial charge is 0.348 e. The smallest absolute Gasteiger partial charge is 0.284 e. The molecule has 1 unspecified atom stereocenters. The van der Waals surface area contributed by atoms with Gasteiger partial charge in [0, 0.05) is 0 Å². The third-order valence-corrected chi connectivity index (χ3v) is 5.99. The van der Waals surface area contributed by atoms with Gasteiger partial charge in [0.2, 0.25) is 5.91 Å². The molecule has 1 aliphatic carbocycles. The molecule has 2 aromatic carbocycles. The lowest BCUT2D eigenvalue weighted by Gasteiger charge is -2.20. The van der Waals surface area contributed by atoms with Gasteiger partial charge in [-0.15, -0.1) is 5.10 Å². The van der Waals surface area contributed by atoms with Crippen LogP contribution in [-0.4, -0.2) is 30.5 Å². The van der Waals surface area contributed by atoms with E-state index in [2.05, 4.69) is 38.8 Å². The van der Waals surface area contributed by atoms with E-state index in [9.17, 15) is 9.59 Å². The molecule has 1 N–H and O–H groups in total. The second-order valence-electron chi connectivity index (χ2n) is 8.21. The highest BCUT2D eigenvalue weighted by Gasteiger charge is 2.17. The lowest BCUT2D eigenvalue weighted by Crippen LogP contribution is -2.34. The summed E-state index contributed by atoms with van der Waals surface area (Å²) < 4.78 is 2.78. The summed E-state index contributed by atoms with van der Waals surface area (Å²) in [5.74, 6) is -0.256. The van der Waals surface area contributed by atoms with Crippen LogP contribution < -0.4 is 10.9 Å². The van der Waals surface area contributed by atoms with Crippen molar-refractivity contribution in [3.8, 4) is 5.69 Å². The van der Waals surface area contributed by atoms with Crippen molar-refractivity contribution in [2.75, 3.05) is 0 Å². The lowest BCUT2D eigenvalue weighted by molar-refractivity contribution is -0.122. The summed E-state index contributed by atoms with van der Waals surface area (Å²) in [5.41, 5.74) is 4.72. The zero-order valence-corrected chi connectivity index (χ0v) is 17.9. The summed E-state index contributed by atoms with van der Waals surface area (Å²) in [4.78, 5) is 29.8. The zero-order valence-electron chi connectivity index (χ0n) is 17.9. The molecule has 0 saturated carbocycles. The van der Waals surface area contributed by atoms with E-state index >= 15 is 0 Å². The van der Waals surface area contributed by atoms with Gasteiger partial charge >= 0.3 is 0 Å². The molecule has 0 spiro atoms. The van der Waals surface area contributed by atoms with E-state index in [1.165, 1.54) is 39.5 Å². The van der Waals surface area contributed by atoms with Gasteiger partial charge in [-0.2, -0.15) is 4.68 Å². The molecule has 0 radical (unpaired) electrons. The molecule has 5 rings (SSSR count). The Morgan fingerprint density at radius 2 is 1.88 bits per heavy atom. The Kier molecular flexibility index (Phi) is 5.26. The van der Waals surface area contributed by atoms with Crippen LogP contribution in [0, 0.1) is 0 Å². The molecule has 1 atom stereocenters. The number of carbonyl (C=O) groups is 1. The first kappa shape index (κ1) is 20.1. The van der Waals surface area contributed by atoms with Gasteiger partial charge < -0.3 is 5.32 Å². The van der Waals surface area contributed by atoms with Crippen molar-refractivity contribution < 1.29 is 4.79 Å². The molecule has 0 bridgehead atoms. The second kappa shape index (κ2) is 8.37. The summed E-state index contributed by atoms with van der Waals surface area (Å²) in [6.45, 7) is 1.83. The fraction of sp³-hybridized carbons (Fsp3) is 0.292. The summed E-state index contributed by atoms with van der Waals surface area (Å²) in [5, 5.41) is 11.0. The number of hydrogen-bond donors (Lipinski definition) is 1. The molecule has 162 valence electrons. The van der Waals surface area contributed by atoms with Crippen molar-refractivity contribution in [2.45, 2.75) is 45.2 Å². The van der Waals surface area contributed by atoms with Gasteiger partial charge in [0.15, 0.2) is 11.2 Å². The quantitative estimate of drug-likeness (QED) is 0.527. The first-order chi connectivity index (χ1) is 15.6. The third-order valence-electron chi connectivity index (χ3n) is 5.99. The van der Waals surface area contributed by atoms with Gasteiger partial charge in [-0.1, -0.05) is 41.6 Å². The van der Waals surface area contributed by atoms with Gasteiger partial charge in [-0.05, 0) is 61.4 Å². The summed E-state index contributed by atoms with van der Waals surface area (Å²) in [7, 11) is 0. The first-order valence-electron chi connectivity index (χ1n) is 10.9. The number of nitrogens with one attached hydrogen (secondary N) is 1. The van der Waals surface area contributed by atoms with Gasteiger partial charge in [-0.25, -0.2) is 4.98 Å². The Hall–Kier alpha value is -3.81. The summed E-state index contributed by atoms with van der Waals surface area (Å²) in [6, 6.07) is 15.7. The molecule has 32 heavy (non-hydrogen) atoms. The normalized spacial score (nSPS) is 14.2. The number of fused-ring (bicyclic) bond motifs is 2. The van der Waals surface area contributed by atoms with Gasteiger partial charge in [0.25, 0.3) is 5.56 Å². The Balaban J connectivity index is 1.32. The van der Waals surface area contributed by atoms with Crippen molar-refractivity contribution in [1.82, 2.24) is 29.9 Å². The molecule has 1 aliphatic rings. The molecular formula is C24H24N6O2. The molecule has 2 heterocycles. The highest BCUT2D eigenvalue weighted by molar-refractivity contribution is 5.77. The molecule has 0 fully saturated rings. The Labute approximate surface area is 184 Å². The number of hydrogen-bond acceptors (Lipinski definition) is 5. The van der Waals surface area contributed by atoms with Gasteiger partial charge in [0.1, 0.15) is 12.9 Å². The number of benzene rings is 2. The van der Waals surface area contributed by atoms with E-state index in [0.29, 0.717) is 5.65 Å². The number of aryl methyl sites for hydroxylation is 2. The standard InChI is InChI=1S/C24H24N6O2/c1-16(18-12-11-17-7-5-6-8-19(17)13-18)26-21(31)14-29-15-25-23-22(24(29)32)27-28-30(23)20-9-3-2-4-10-20/h2-4,9-13,15-16H,5-8,14H2,1H3,(H,26,31). The zero-order chi connectivity index (χ0) is 22.1. The van der Waals surface area contributed by atoms with Crippen LogP contribution in [0.15, 0.2) is 59.7 Å². The van der Waals surface area contributed by atoms with Crippen LogP contribution in [0.1, 0.15) is 42.5 Å². The predicted octanol–water partition coefficient (Wildman–Crippen LogP) is 2.73. The topological polar surface area (TPSA) is 94.7 Å². The Bertz CT molecular complexity index is 1340. The van der Waals surface area contributed by atoms with Crippen LogP contribution in [0.3, 0.4) is 0 Å². The maximum atomic E-state index is 12.9. The number of aromatic nitrogens is 5. The highest BCUT2D eigenvalue weighted by Crippen LogP contribution is 2.24. The van der Waals surface area contributed by atoms with Crippen LogP contribution in [-0.2, 0) is 24.2 Å².